The fraction of sp³-hybridized carbons (Fsp3) is 0. The van der Waals surface area contributed by atoms with Crippen LogP contribution in [0.3, 0.4) is 0 Å². The first-order valence-corrected chi connectivity index (χ1v) is 8.70. The molecule has 3 aromatic rings. The van der Waals surface area contributed by atoms with Gasteiger partial charge in [0.1, 0.15) is 0 Å². The molecule has 1 heterocycles. The van der Waals surface area contributed by atoms with Crippen LogP contribution in [0.4, 0.5) is 11.4 Å². The lowest BCUT2D eigenvalue weighted by molar-refractivity contribution is 0.0697. The number of benzene rings is 2. The average molecular weight is 393 g/mol. The highest BCUT2D eigenvalue weighted by Crippen LogP contribution is 2.26. The van der Waals surface area contributed by atoms with E-state index >= 15 is 0 Å². The van der Waals surface area contributed by atoms with E-state index in [4.69, 9.17) is 23.7 Å². The second-order valence-electron chi connectivity index (χ2n) is 5.20. The molecule has 1 aromatic heterocycles. The third kappa shape index (κ3) is 3.96. The predicted molar refractivity (Wildman–Crippen MR) is 108 cm³/mol. The average Bonchev–Trinajstić information content (AvgIpc) is 3.02. The molecule has 0 bridgehead atoms. The fourth-order valence-electron chi connectivity index (χ4n) is 2.32. The van der Waals surface area contributed by atoms with Gasteiger partial charge >= 0.3 is 5.97 Å². The summed E-state index contributed by atoms with van der Waals surface area (Å²) in [7, 11) is 0. The number of rotatable bonds is 3. The molecule has 0 aliphatic rings. The van der Waals surface area contributed by atoms with Crippen molar-refractivity contribution in [1.29, 1.82) is 5.26 Å². The van der Waals surface area contributed by atoms with Crippen LogP contribution < -0.4 is 10.2 Å². The molecule has 3 rings (SSSR count). The van der Waals surface area contributed by atoms with E-state index in [1.54, 1.807) is 24.3 Å². The number of aromatic carboxylic acids is 1. The minimum atomic E-state index is -1.03. The van der Waals surface area contributed by atoms with E-state index in [2.05, 4.69) is 21.3 Å². The van der Waals surface area contributed by atoms with Gasteiger partial charge in [-0.3, -0.25) is 0 Å². The van der Waals surface area contributed by atoms with Gasteiger partial charge in [0.2, 0.25) is 5.96 Å². The summed E-state index contributed by atoms with van der Waals surface area (Å²) >= 11 is 6.53. The number of H-pyrrole nitrogens is 1. The number of carboxylic acids is 1. The number of nitrogens with one attached hydrogen (secondary N) is 2. The zero-order chi connectivity index (χ0) is 19.4. The largest absolute Gasteiger partial charge is 0.478 e. The molecule has 0 unspecified atom stereocenters. The van der Waals surface area contributed by atoms with E-state index in [1.807, 2.05) is 12.3 Å². The monoisotopic (exact) mass is 393 g/mol. The molecule has 3 N–H and O–H groups in total. The molecule has 9 heteroatoms. The Hall–Kier alpha value is -3.66. The Morgan fingerprint density at radius 3 is 2.70 bits per heavy atom. The Morgan fingerprint density at radius 1 is 1.33 bits per heavy atom. The summed E-state index contributed by atoms with van der Waals surface area (Å²) in [5.41, 5.74) is 2.11. The van der Waals surface area contributed by atoms with Crippen molar-refractivity contribution >= 4 is 57.1 Å². The van der Waals surface area contributed by atoms with Gasteiger partial charge in [0.05, 0.1) is 21.5 Å². The van der Waals surface area contributed by atoms with Gasteiger partial charge in [-0.2, -0.15) is 10.3 Å². The van der Waals surface area contributed by atoms with Crippen LogP contribution in [0.5, 0.6) is 0 Å². The summed E-state index contributed by atoms with van der Waals surface area (Å²) in [6.07, 6.45) is 7.35. The van der Waals surface area contributed by atoms with Crippen LogP contribution in [0.2, 0.25) is 0 Å². The molecular weight excluding hydrogens is 382 g/mol. The normalized spacial score (nSPS) is 10.8. The number of nitrogens with zero attached hydrogens (tertiary/aromatic N) is 3. The Balaban J connectivity index is 1.94. The smallest absolute Gasteiger partial charge is 0.335 e. The number of aliphatic imine (C=N–C) groups is 1. The van der Waals surface area contributed by atoms with Crippen molar-refractivity contribution in [3.8, 4) is 18.7 Å². The summed E-state index contributed by atoms with van der Waals surface area (Å²) in [6.45, 7) is 0. The maximum absolute atomic E-state index is 11.0. The van der Waals surface area contributed by atoms with Crippen LogP contribution in [0.25, 0.3) is 10.2 Å². The summed E-state index contributed by atoms with van der Waals surface area (Å²) < 4.78 is 1.53. The Morgan fingerprint density at radius 2 is 2.07 bits per heavy atom. The third-order valence-corrected chi connectivity index (χ3v) is 4.73. The van der Waals surface area contributed by atoms with Crippen molar-refractivity contribution in [2.75, 3.05) is 10.2 Å². The number of carboxylic acid groups (broad SMARTS) is 1. The van der Waals surface area contributed by atoms with Gasteiger partial charge in [0.15, 0.2) is 10.1 Å². The number of guanidine groups is 1. The highest BCUT2D eigenvalue weighted by molar-refractivity contribution is 7.73. The van der Waals surface area contributed by atoms with Crippen molar-refractivity contribution in [3.63, 3.8) is 0 Å². The highest BCUT2D eigenvalue weighted by atomic mass is 32.1. The van der Waals surface area contributed by atoms with Crippen LogP contribution in [0.1, 0.15) is 10.4 Å². The van der Waals surface area contributed by atoms with Crippen molar-refractivity contribution in [2.45, 2.75) is 0 Å². The van der Waals surface area contributed by atoms with Crippen molar-refractivity contribution in [2.24, 2.45) is 4.99 Å². The van der Waals surface area contributed by atoms with Crippen LogP contribution in [-0.4, -0.2) is 22.0 Å². The third-order valence-electron chi connectivity index (χ3n) is 3.53. The van der Waals surface area contributed by atoms with E-state index in [0.717, 1.165) is 10.2 Å². The summed E-state index contributed by atoms with van der Waals surface area (Å²) in [4.78, 5) is 19.2. The topological polar surface area (TPSA) is 105 Å². The predicted octanol–water partition coefficient (Wildman–Crippen LogP) is 4.00. The summed E-state index contributed by atoms with van der Waals surface area (Å²) in [5, 5.41) is 21.5. The SMILES string of the molecule is C#CN=C(Nc1ccc(C(=O)O)cc1)N(C#N)c1ccc2[nH]c(=S)sc2c1. The highest BCUT2D eigenvalue weighted by Gasteiger charge is 2.15. The number of terminal acetylenes is 1. The van der Waals surface area contributed by atoms with Gasteiger partial charge in [0, 0.05) is 11.7 Å². The minimum Gasteiger partial charge on any atom is -0.478 e. The number of hydrogen-bond acceptors (Lipinski definition) is 5. The van der Waals surface area contributed by atoms with E-state index in [9.17, 15) is 10.1 Å². The molecule has 132 valence electrons. The van der Waals surface area contributed by atoms with Crippen LogP contribution in [0, 0.1) is 27.9 Å². The Kier molecular flexibility index (Phi) is 5.18. The second kappa shape index (κ2) is 7.70. The van der Waals surface area contributed by atoms with E-state index in [1.165, 1.54) is 28.4 Å². The first kappa shape index (κ1) is 18.1. The number of fused-ring (bicyclic) bond motifs is 1. The molecule has 7 nitrogen and oxygen atoms in total. The second-order valence-corrected chi connectivity index (χ2v) is 6.92. The molecule has 0 aliphatic heterocycles. The number of anilines is 2. The van der Waals surface area contributed by atoms with Crippen LogP contribution in [0.15, 0.2) is 47.5 Å². The van der Waals surface area contributed by atoms with Gasteiger partial charge in [0.25, 0.3) is 0 Å². The molecule has 27 heavy (non-hydrogen) atoms. The maximum Gasteiger partial charge on any atom is 0.335 e. The molecule has 0 saturated heterocycles. The number of hydrogen-bond donors (Lipinski definition) is 3. The maximum atomic E-state index is 11.0. The molecular formula is C18H11N5O2S2. The van der Waals surface area contributed by atoms with Crippen LogP contribution in [-0.2, 0) is 0 Å². The number of carbonyl (C=O) groups is 1. The van der Waals surface area contributed by atoms with Gasteiger partial charge in [-0.1, -0.05) is 6.42 Å². The van der Waals surface area contributed by atoms with E-state index < -0.39 is 5.97 Å². The first-order valence-electron chi connectivity index (χ1n) is 7.48. The lowest BCUT2D eigenvalue weighted by Gasteiger charge is -2.18. The zero-order valence-corrected chi connectivity index (χ0v) is 15.3. The molecule has 0 amide bonds. The zero-order valence-electron chi connectivity index (χ0n) is 13.6. The quantitative estimate of drug-likeness (QED) is 0.155. The molecule has 0 aliphatic carbocycles. The lowest BCUT2D eigenvalue weighted by atomic mass is 10.2. The van der Waals surface area contributed by atoms with Gasteiger partial charge in [-0.05, 0) is 54.7 Å². The minimum absolute atomic E-state index is 0.113. The van der Waals surface area contributed by atoms with Gasteiger partial charge in [-0.25, -0.2) is 9.69 Å². The summed E-state index contributed by atoms with van der Waals surface area (Å²) in [5.74, 6) is -0.915. The van der Waals surface area contributed by atoms with Gasteiger partial charge in [-0.15, -0.1) is 11.3 Å². The molecule has 0 radical (unpaired) electrons. The molecule has 0 spiro atoms. The number of aromatic amines is 1. The number of nitriles is 1. The Labute approximate surface area is 163 Å². The molecule has 0 saturated carbocycles. The molecule has 0 fully saturated rings. The molecule has 2 aromatic carbocycles. The lowest BCUT2D eigenvalue weighted by Crippen LogP contribution is -2.32. The molecule has 0 atom stereocenters. The number of thiazole rings is 1. The standard InChI is InChI=1S/C18H11N5O2S2/c1-2-20-17(21-12-5-3-11(4-6-12)16(24)25)23(10-19)13-7-8-14-15(9-13)27-18(26)22-14/h1,3-9H,(H,20,21)(H,22,26)(H,24,25). The fourth-order valence-corrected chi connectivity index (χ4v) is 3.47. The van der Waals surface area contributed by atoms with Crippen molar-refractivity contribution in [1.82, 2.24) is 4.98 Å². The summed E-state index contributed by atoms with van der Waals surface area (Å²) in [6, 6.07) is 13.5. The van der Waals surface area contributed by atoms with Gasteiger partial charge < -0.3 is 15.4 Å². The van der Waals surface area contributed by atoms with Crippen molar-refractivity contribution < 1.29 is 9.90 Å². The first-order chi connectivity index (χ1) is 13.0. The van der Waals surface area contributed by atoms with E-state index in [0.29, 0.717) is 15.3 Å². The Bertz CT molecular complexity index is 1180. The van der Waals surface area contributed by atoms with Crippen molar-refractivity contribution in [3.05, 3.63) is 52.0 Å². The van der Waals surface area contributed by atoms with Crippen LogP contribution >= 0.6 is 23.6 Å². The number of aromatic nitrogens is 1. The van der Waals surface area contributed by atoms with E-state index in [-0.39, 0.29) is 11.5 Å².